The normalized spacial score (nSPS) is 18.9. The van der Waals surface area contributed by atoms with E-state index in [4.69, 9.17) is 9.47 Å². The summed E-state index contributed by atoms with van der Waals surface area (Å²) in [5, 5.41) is 11.2. The van der Waals surface area contributed by atoms with E-state index in [1.165, 1.54) is 4.90 Å². The first-order valence-corrected chi connectivity index (χ1v) is 10.3. The van der Waals surface area contributed by atoms with Crippen molar-refractivity contribution in [1.82, 2.24) is 0 Å². The van der Waals surface area contributed by atoms with Crippen LogP contribution in [0.3, 0.4) is 0 Å². The smallest absolute Gasteiger partial charge is 0.300 e. The molecule has 1 N–H and O–H groups in total. The van der Waals surface area contributed by atoms with Gasteiger partial charge in [0.25, 0.3) is 11.7 Å². The van der Waals surface area contributed by atoms with Crippen molar-refractivity contribution in [2.75, 3.05) is 11.7 Å². The highest BCUT2D eigenvalue weighted by molar-refractivity contribution is 6.51. The molecule has 2 aliphatic heterocycles. The lowest BCUT2D eigenvalue weighted by atomic mass is 9.94. The first-order chi connectivity index (χ1) is 15.4. The van der Waals surface area contributed by atoms with Crippen LogP contribution >= 0.6 is 0 Å². The SMILES string of the molecule is Cc1ccc(N2C(=O)C(=O)/C(=C(\O)c3ccc4c(c3)OCO4)C2c2cccc(C)c2)cc1. The third-order valence-electron chi connectivity index (χ3n) is 5.76. The van der Waals surface area contributed by atoms with Crippen molar-refractivity contribution in [3.05, 3.63) is 94.6 Å². The molecule has 1 fully saturated rings. The van der Waals surface area contributed by atoms with Gasteiger partial charge in [-0.25, -0.2) is 0 Å². The topological polar surface area (TPSA) is 76.1 Å². The second-order valence-electron chi connectivity index (χ2n) is 7.99. The average molecular weight is 427 g/mol. The van der Waals surface area contributed by atoms with Gasteiger partial charge in [0.1, 0.15) is 5.76 Å². The Morgan fingerprint density at radius 2 is 1.66 bits per heavy atom. The number of carbonyl (C=O) groups excluding carboxylic acids is 2. The number of carbonyl (C=O) groups is 2. The maximum Gasteiger partial charge on any atom is 0.300 e. The Morgan fingerprint density at radius 1 is 0.906 bits per heavy atom. The predicted octanol–water partition coefficient (Wildman–Crippen LogP) is 4.66. The number of nitrogens with zero attached hydrogens (tertiary/aromatic N) is 1. The molecule has 3 aromatic carbocycles. The van der Waals surface area contributed by atoms with Crippen LogP contribution in [0.5, 0.6) is 11.5 Å². The van der Waals surface area contributed by atoms with E-state index in [0.29, 0.717) is 22.7 Å². The standard InChI is InChI=1S/C26H21NO5/c1-15-6-9-19(10-7-15)27-23(17-5-3-4-16(2)12-17)22(25(29)26(27)30)24(28)18-8-11-20-21(13-18)32-14-31-20/h3-13,23,28H,14H2,1-2H3/b24-22-. The van der Waals surface area contributed by atoms with Gasteiger partial charge in [-0.3, -0.25) is 14.5 Å². The number of aryl methyl sites for hydroxylation is 2. The number of rotatable bonds is 3. The van der Waals surface area contributed by atoms with Gasteiger partial charge >= 0.3 is 0 Å². The van der Waals surface area contributed by atoms with E-state index in [-0.39, 0.29) is 18.1 Å². The number of anilines is 1. The molecule has 3 aromatic rings. The van der Waals surface area contributed by atoms with Crippen LogP contribution in [0.1, 0.15) is 28.3 Å². The quantitative estimate of drug-likeness (QED) is 0.374. The Balaban J connectivity index is 1.71. The van der Waals surface area contributed by atoms with Crippen LogP contribution < -0.4 is 14.4 Å². The van der Waals surface area contributed by atoms with Gasteiger partial charge in [0, 0.05) is 11.3 Å². The summed E-state index contributed by atoms with van der Waals surface area (Å²) in [5.74, 6) is -0.608. The number of amides is 1. The number of benzene rings is 3. The molecule has 2 heterocycles. The number of hydrogen-bond acceptors (Lipinski definition) is 5. The van der Waals surface area contributed by atoms with Crippen LogP contribution in [0.25, 0.3) is 5.76 Å². The van der Waals surface area contributed by atoms with Crippen LogP contribution in [0.2, 0.25) is 0 Å². The molecule has 0 radical (unpaired) electrons. The van der Waals surface area contributed by atoms with Crippen LogP contribution in [0, 0.1) is 13.8 Å². The third kappa shape index (κ3) is 3.21. The molecule has 160 valence electrons. The van der Waals surface area contributed by atoms with Crippen LogP contribution in [0.4, 0.5) is 5.69 Å². The van der Waals surface area contributed by atoms with Gasteiger partial charge in [-0.15, -0.1) is 0 Å². The van der Waals surface area contributed by atoms with Crippen molar-refractivity contribution in [2.24, 2.45) is 0 Å². The van der Waals surface area contributed by atoms with Gasteiger partial charge in [-0.05, 0) is 49.7 Å². The minimum Gasteiger partial charge on any atom is -0.507 e. The fourth-order valence-corrected chi connectivity index (χ4v) is 4.16. The van der Waals surface area contributed by atoms with E-state index in [1.807, 2.05) is 62.4 Å². The summed E-state index contributed by atoms with van der Waals surface area (Å²) in [6, 6.07) is 19.2. The molecular weight excluding hydrogens is 406 g/mol. The summed E-state index contributed by atoms with van der Waals surface area (Å²) in [4.78, 5) is 27.8. The van der Waals surface area contributed by atoms with E-state index in [2.05, 4.69) is 0 Å². The Labute approximate surface area is 185 Å². The summed E-state index contributed by atoms with van der Waals surface area (Å²) >= 11 is 0. The second-order valence-corrected chi connectivity index (χ2v) is 7.99. The molecule has 5 rings (SSSR count). The summed E-state index contributed by atoms with van der Waals surface area (Å²) in [5.41, 5.74) is 3.78. The maximum atomic E-state index is 13.2. The Morgan fingerprint density at radius 3 is 2.41 bits per heavy atom. The lowest BCUT2D eigenvalue weighted by molar-refractivity contribution is -0.132. The molecular formula is C26H21NO5. The molecule has 1 amide bonds. The van der Waals surface area contributed by atoms with Gasteiger partial charge in [-0.1, -0.05) is 47.5 Å². The molecule has 0 spiro atoms. The van der Waals surface area contributed by atoms with Crippen molar-refractivity contribution >= 4 is 23.1 Å². The molecule has 6 heteroatoms. The van der Waals surface area contributed by atoms with Gasteiger partial charge in [0.05, 0.1) is 11.6 Å². The fraction of sp³-hybridized carbons (Fsp3) is 0.154. The highest BCUT2D eigenvalue weighted by Gasteiger charge is 2.47. The van der Waals surface area contributed by atoms with E-state index in [9.17, 15) is 14.7 Å². The molecule has 0 bridgehead atoms. The number of Topliss-reactive ketones (excluding diaryl/α,β-unsaturated/α-hetero) is 1. The average Bonchev–Trinajstić information content (AvgIpc) is 3.36. The monoisotopic (exact) mass is 427 g/mol. The Kier molecular flexibility index (Phi) is 4.70. The van der Waals surface area contributed by atoms with Crippen LogP contribution in [-0.4, -0.2) is 23.6 Å². The van der Waals surface area contributed by atoms with Crippen molar-refractivity contribution in [2.45, 2.75) is 19.9 Å². The molecule has 6 nitrogen and oxygen atoms in total. The van der Waals surface area contributed by atoms with Gasteiger partial charge in [-0.2, -0.15) is 0 Å². The zero-order chi connectivity index (χ0) is 22.4. The molecule has 1 unspecified atom stereocenters. The highest BCUT2D eigenvalue weighted by Crippen LogP contribution is 2.43. The van der Waals surface area contributed by atoms with Crippen LogP contribution in [0.15, 0.2) is 72.3 Å². The minimum absolute atomic E-state index is 0.0417. The second kappa shape index (κ2) is 7.57. The summed E-state index contributed by atoms with van der Waals surface area (Å²) in [6.07, 6.45) is 0. The number of aliphatic hydroxyl groups excluding tert-OH is 1. The van der Waals surface area contributed by atoms with Crippen molar-refractivity contribution in [3.63, 3.8) is 0 Å². The van der Waals surface area contributed by atoms with Crippen molar-refractivity contribution in [1.29, 1.82) is 0 Å². The van der Waals surface area contributed by atoms with Crippen LogP contribution in [-0.2, 0) is 9.59 Å². The highest BCUT2D eigenvalue weighted by atomic mass is 16.7. The Hall–Kier alpha value is -4.06. The number of ether oxygens (including phenoxy) is 2. The number of aliphatic hydroxyl groups is 1. The largest absolute Gasteiger partial charge is 0.507 e. The fourth-order valence-electron chi connectivity index (χ4n) is 4.16. The van der Waals surface area contributed by atoms with E-state index in [1.54, 1.807) is 18.2 Å². The van der Waals surface area contributed by atoms with E-state index in [0.717, 1.165) is 16.7 Å². The maximum absolute atomic E-state index is 13.2. The lowest BCUT2D eigenvalue weighted by Gasteiger charge is -2.26. The zero-order valence-electron chi connectivity index (χ0n) is 17.7. The van der Waals surface area contributed by atoms with E-state index >= 15 is 0 Å². The number of hydrogen-bond donors (Lipinski definition) is 1. The molecule has 0 aromatic heterocycles. The van der Waals surface area contributed by atoms with Gasteiger partial charge in [0.2, 0.25) is 6.79 Å². The van der Waals surface area contributed by atoms with Crippen molar-refractivity contribution in [3.8, 4) is 11.5 Å². The molecule has 1 atom stereocenters. The first-order valence-electron chi connectivity index (χ1n) is 10.3. The molecule has 32 heavy (non-hydrogen) atoms. The predicted molar refractivity (Wildman–Crippen MR) is 120 cm³/mol. The first kappa shape index (κ1) is 19.9. The molecule has 2 aliphatic rings. The lowest BCUT2D eigenvalue weighted by Crippen LogP contribution is -2.29. The van der Waals surface area contributed by atoms with Gasteiger partial charge < -0.3 is 14.6 Å². The number of fused-ring (bicyclic) bond motifs is 1. The molecule has 1 saturated heterocycles. The summed E-state index contributed by atoms with van der Waals surface area (Å²) in [6.45, 7) is 4.00. The van der Waals surface area contributed by atoms with Crippen molar-refractivity contribution < 1.29 is 24.2 Å². The molecule has 0 saturated carbocycles. The number of ketones is 1. The minimum atomic E-state index is -0.761. The van der Waals surface area contributed by atoms with E-state index < -0.39 is 17.7 Å². The zero-order valence-corrected chi connectivity index (χ0v) is 17.7. The summed E-state index contributed by atoms with van der Waals surface area (Å²) in [7, 11) is 0. The molecule has 0 aliphatic carbocycles. The Bertz CT molecular complexity index is 1280. The summed E-state index contributed by atoms with van der Waals surface area (Å²) < 4.78 is 10.7. The third-order valence-corrected chi connectivity index (χ3v) is 5.76. The van der Waals surface area contributed by atoms with Gasteiger partial charge in [0.15, 0.2) is 11.5 Å².